The van der Waals surface area contributed by atoms with E-state index in [0.717, 1.165) is 16.9 Å². The van der Waals surface area contributed by atoms with E-state index in [-0.39, 0.29) is 19.2 Å². The molecule has 2 aromatic rings. The van der Waals surface area contributed by atoms with Crippen molar-refractivity contribution in [2.75, 3.05) is 25.7 Å². The molecular formula is C18H18ClFN2O3. The lowest BCUT2D eigenvalue weighted by atomic mass is 10.1. The van der Waals surface area contributed by atoms with Crippen LogP contribution in [-0.2, 0) is 22.7 Å². The number of hydrogen-bond acceptors (Lipinski definition) is 4. The van der Waals surface area contributed by atoms with E-state index in [0.29, 0.717) is 23.9 Å². The van der Waals surface area contributed by atoms with Crippen LogP contribution >= 0.6 is 11.6 Å². The Morgan fingerprint density at radius 3 is 3.00 bits per heavy atom. The first-order valence-corrected chi connectivity index (χ1v) is 8.15. The molecule has 1 aliphatic rings. The first kappa shape index (κ1) is 17.7. The highest BCUT2D eigenvalue weighted by Crippen LogP contribution is 2.32. The molecule has 1 aliphatic heterocycles. The van der Waals surface area contributed by atoms with E-state index in [2.05, 4.69) is 5.32 Å². The molecule has 7 heteroatoms. The number of amides is 1. The average Bonchev–Trinajstić information content (AvgIpc) is 2.54. The lowest BCUT2D eigenvalue weighted by molar-refractivity contribution is -0.117. The summed E-state index contributed by atoms with van der Waals surface area (Å²) in [5, 5.41) is 3.27. The molecule has 0 saturated heterocycles. The van der Waals surface area contributed by atoms with E-state index in [9.17, 15) is 9.18 Å². The average molecular weight is 365 g/mol. The molecule has 0 spiro atoms. The first-order valence-electron chi connectivity index (χ1n) is 7.77. The molecule has 3 rings (SSSR count). The maximum Gasteiger partial charge on any atom is 0.238 e. The zero-order valence-electron chi connectivity index (χ0n) is 13.7. The van der Waals surface area contributed by atoms with Gasteiger partial charge in [0.2, 0.25) is 5.91 Å². The van der Waals surface area contributed by atoms with Crippen LogP contribution in [0.2, 0.25) is 5.02 Å². The van der Waals surface area contributed by atoms with Gasteiger partial charge in [-0.1, -0.05) is 17.7 Å². The van der Waals surface area contributed by atoms with Crippen molar-refractivity contribution in [3.63, 3.8) is 0 Å². The van der Waals surface area contributed by atoms with Crippen LogP contribution in [0.3, 0.4) is 0 Å². The molecule has 0 atom stereocenters. The third kappa shape index (κ3) is 4.69. The van der Waals surface area contributed by atoms with E-state index in [1.54, 1.807) is 12.1 Å². The Hall–Kier alpha value is -2.15. The van der Waals surface area contributed by atoms with Crippen LogP contribution in [0.5, 0.6) is 5.75 Å². The molecule has 25 heavy (non-hydrogen) atoms. The predicted molar refractivity (Wildman–Crippen MR) is 93.1 cm³/mol. The van der Waals surface area contributed by atoms with E-state index < -0.39 is 5.82 Å². The first-order chi connectivity index (χ1) is 12.0. The molecular weight excluding hydrogens is 347 g/mol. The molecule has 0 unspecified atom stereocenters. The van der Waals surface area contributed by atoms with E-state index in [1.165, 1.54) is 12.1 Å². The summed E-state index contributed by atoms with van der Waals surface area (Å²) >= 11 is 6.15. The summed E-state index contributed by atoms with van der Waals surface area (Å²) in [6.45, 7) is 1.28. The minimum Gasteiger partial charge on any atom is -0.467 e. The van der Waals surface area contributed by atoms with Gasteiger partial charge >= 0.3 is 0 Å². The van der Waals surface area contributed by atoms with Gasteiger partial charge in [0.05, 0.1) is 13.2 Å². The van der Waals surface area contributed by atoms with Crippen LogP contribution in [-0.4, -0.2) is 31.2 Å². The minimum absolute atomic E-state index is 0.147. The Morgan fingerprint density at radius 1 is 1.36 bits per heavy atom. The number of benzene rings is 2. The Labute approximate surface area is 150 Å². The number of carbonyl (C=O) groups is 1. The number of halogens is 2. The Kier molecular flexibility index (Phi) is 5.53. The monoisotopic (exact) mass is 364 g/mol. The highest BCUT2D eigenvalue weighted by atomic mass is 35.5. The highest BCUT2D eigenvalue weighted by Gasteiger charge is 2.18. The van der Waals surface area contributed by atoms with Crippen LogP contribution in [0.25, 0.3) is 0 Å². The van der Waals surface area contributed by atoms with Crippen LogP contribution in [0.4, 0.5) is 10.1 Å². The summed E-state index contributed by atoms with van der Waals surface area (Å²) in [7, 11) is 1.82. The second-order valence-electron chi connectivity index (χ2n) is 5.89. The fourth-order valence-corrected chi connectivity index (χ4v) is 3.00. The van der Waals surface area contributed by atoms with E-state index in [4.69, 9.17) is 21.1 Å². The summed E-state index contributed by atoms with van der Waals surface area (Å²) in [4.78, 5) is 14.0. The van der Waals surface area contributed by atoms with Crippen molar-refractivity contribution in [2.45, 2.75) is 13.2 Å². The topological polar surface area (TPSA) is 50.8 Å². The van der Waals surface area contributed by atoms with Gasteiger partial charge in [-0.3, -0.25) is 9.69 Å². The van der Waals surface area contributed by atoms with Gasteiger partial charge in [0.1, 0.15) is 11.6 Å². The summed E-state index contributed by atoms with van der Waals surface area (Å²) in [6.07, 6.45) is 0. The van der Waals surface area contributed by atoms with Crippen LogP contribution in [0.1, 0.15) is 11.1 Å². The molecule has 1 amide bonds. The Morgan fingerprint density at radius 2 is 2.20 bits per heavy atom. The molecule has 0 aromatic heterocycles. The van der Waals surface area contributed by atoms with Crippen LogP contribution in [0, 0.1) is 5.82 Å². The van der Waals surface area contributed by atoms with Gasteiger partial charge < -0.3 is 14.8 Å². The standard InChI is InChI=1S/C18H18ClFN2O3/c1-22(9-17(23)21-16-4-2-3-15(20)7-16)8-12-5-14(19)6-13-10-24-11-25-18(12)13/h2-7H,8-11H2,1H3,(H,21,23). The van der Waals surface area contributed by atoms with Crippen molar-refractivity contribution in [1.29, 1.82) is 0 Å². The van der Waals surface area contributed by atoms with Crippen molar-refractivity contribution < 1.29 is 18.7 Å². The summed E-state index contributed by atoms with van der Waals surface area (Å²) in [5.74, 6) is 0.136. The fraction of sp³-hybridized carbons (Fsp3) is 0.278. The normalized spacial score (nSPS) is 13.3. The molecule has 1 heterocycles. The fourth-order valence-electron chi connectivity index (χ4n) is 2.73. The lowest BCUT2D eigenvalue weighted by Crippen LogP contribution is -2.30. The van der Waals surface area contributed by atoms with Crippen LogP contribution < -0.4 is 10.1 Å². The molecule has 0 fully saturated rings. The van der Waals surface area contributed by atoms with Crippen molar-refractivity contribution in [3.05, 3.63) is 58.4 Å². The smallest absolute Gasteiger partial charge is 0.238 e. The highest BCUT2D eigenvalue weighted by molar-refractivity contribution is 6.30. The van der Waals surface area contributed by atoms with Gasteiger partial charge in [-0.05, 0) is 37.4 Å². The Bertz CT molecular complexity index is 785. The maximum absolute atomic E-state index is 13.2. The third-order valence-corrected chi connectivity index (χ3v) is 3.93. The second kappa shape index (κ2) is 7.82. The molecule has 5 nitrogen and oxygen atoms in total. The minimum atomic E-state index is -0.393. The van der Waals surface area contributed by atoms with Gasteiger partial charge in [-0.25, -0.2) is 4.39 Å². The molecule has 132 valence electrons. The van der Waals surface area contributed by atoms with Crippen molar-refractivity contribution in [3.8, 4) is 5.75 Å². The van der Waals surface area contributed by atoms with Crippen LogP contribution in [0.15, 0.2) is 36.4 Å². The molecule has 2 aromatic carbocycles. The zero-order valence-corrected chi connectivity index (χ0v) is 14.5. The SMILES string of the molecule is CN(CC(=O)Nc1cccc(F)c1)Cc1cc(Cl)cc2c1OCOC2. The molecule has 1 N–H and O–H groups in total. The number of hydrogen-bond donors (Lipinski definition) is 1. The van der Waals surface area contributed by atoms with Gasteiger partial charge in [-0.2, -0.15) is 0 Å². The number of nitrogens with zero attached hydrogens (tertiary/aromatic N) is 1. The second-order valence-corrected chi connectivity index (χ2v) is 6.33. The number of likely N-dealkylation sites (N-methyl/N-ethyl adjacent to an activating group) is 1. The van der Waals surface area contributed by atoms with Gasteiger partial charge in [0.25, 0.3) is 0 Å². The predicted octanol–water partition coefficient (Wildman–Crippen LogP) is 3.42. The molecule has 0 bridgehead atoms. The number of nitrogens with one attached hydrogen (secondary N) is 1. The summed E-state index contributed by atoms with van der Waals surface area (Å²) in [5.41, 5.74) is 2.22. The van der Waals surface area contributed by atoms with Gasteiger partial charge in [0, 0.05) is 28.4 Å². The number of carbonyl (C=O) groups excluding carboxylic acids is 1. The van der Waals surface area contributed by atoms with Crippen molar-refractivity contribution >= 4 is 23.2 Å². The molecule has 0 aliphatic carbocycles. The zero-order chi connectivity index (χ0) is 17.8. The van der Waals surface area contributed by atoms with E-state index in [1.807, 2.05) is 24.1 Å². The third-order valence-electron chi connectivity index (χ3n) is 3.71. The number of anilines is 1. The van der Waals surface area contributed by atoms with Gasteiger partial charge in [0.15, 0.2) is 6.79 Å². The lowest BCUT2D eigenvalue weighted by Gasteiger charge is -2.23. The Balaban J connectivity index is 1.63. The maximum atomic E-state index is 13.2. The largest absolute Gasteiger partial charge is 0.467 e. The number of ether oxygens (including phenoxy) is 2. The van der Waals surface area contributed by atoms with Gasteiger partial charge in [-0.15, -0.1) is 0 Å². The summed E-state index contributed by atoms with van der Waals surface area (Å²) < 4.78 is 24.0. The van der Waals surface area contributed by atoms with E-state index >= 15 is 0 Å². The molecule has 0 radical (unpaired) electrons. The molecule has 0 saturated carbocycles. The summed E-state index contributed by atoms with van der Waals surface area (Å²) in [6, 6.07) is 9.43. The quantitative estimate of drug-likeness (QED) is 0.883. The van der Waals surface area contributed by atoms with Crippen molar-refractivity contribution in [1.82, 2.24) is 4.90 Å². The van der Waals surface area contributed by atoms with Crippen molar-refractivity contribution in [2.24, 2.45) is 0 Å². The number of rotatable bonds is 5. The number of fused-ring (bicyclic) bond motifs is 1.